The lowest BCUT2D eigenvalue weighted by Crippen LogP contribution is -2.25. The molecule has 0 bridgehead atoms. The molecule has 0 spiro atoms. The molecule has 0 saturated carbocycles. The van der Waals surface area contributed by atoms with Crippen molar-refractivity contribution in [2.24, 2.45) is 7.05 Å². The molecule has 1 N–H and O–H groups in total. The number of fused-ring (bicyclic) bond motifs is 1. The van der Waals surface area contributed by atoms with E-state index in [0.717, 1.165) is 5.56 Å². The molecule has 7 nitrogen and oxygen atoms in total. The van der Waals surface area contributed by atoms with Crippen molar-refractivity contribution in [3.8, 4) is 11.3 Å². The Labute approximate surface area is 130 Å². The van der Waals surface area contributed by atoms with Crippen molar-refractivity contribution in [2.75, 3.05) is 6.61 Å². The number of hydrogen-bond donors (Lipinski definition) is 1. The molecule has 0 aliphatic carbocycles. The minimum absolute atomic E-state index is 0.151. The fourth-order valence-electron chi connectivity index (χ4n) is 2.26. The van der Waals surface area contributed by atoms with Gasteiger partial charge < -0.3 is 5.11 Å². The van der Waals surface area contributed by atoms with Crippen molar-refractivity contribution in [2.45, 2.75) is 13.0 Å². The van der Waals surface area contributed by atoms with E-state index in [-0.39, 0.29) is 23.4 Å². The number of nitrogens with zero attached hydrogens (tertiary/aromatic N) is 5. The first-order valence-corrected chi connectivity index (χ1v) is 7.06. The van der Waals surface area contributed by atoms with Crippen molar-refractivity contribution < 1.29 is 5.11 Å². The highest BCUT2D eigenvalue weighted by molar-refractivity contribution is 6.30. The highest BCUT2D eigenvalue weighted by Crippen LogP contribution is 2.25. The van der Waals surface area contributed by atoms with Crippen LogP contribution in [-0.4, -0.2) is 36.0 Å². The molecule has 0 saturated heterocycles. The summed E-state index contributed by atoms with van der Waals surface area (Å²) in [5, 5.41) is 13.9. The first-order valence-electron chi connectivity index (χ1n) is 6.68. The third-order valence-electron chi connectivity index (χ3n) is 3.46. The van der Waals surface area contributed by atoms with Crippen LogP contribution in [-0.2, 0) is 7.05 Å². The van der Waals surface area contributed by atoms with Gasteiger partial charge in [-0.1, -0.05) is 11.6 Å². The van der Waals surface area contributed by atoms with Crippen LogP contribution >= 0.6 is 11.6 Å². The summed E-state index contributed by atoms with van der Waals surface area (Å²) in [7, 11) is 1.79. The molecule has 3 rings (SSSR count). The van der Waals surface area contributed by atoms with Crippen LogP contribution in [0, 0.1) is 0 Å². The van der Waals surface area contributed by atoms with Gasteiger partial charge in [-0.25, -0.2) is 9.97 Å². The third kappa shape index (κ3) is 2.38. The number of rotatable bonds is 3. The van der Waals surface area contributed by atoms with Crippen molar-refractivity contribution >= 4 is 22.5 Å². The molecule has 114 valence electrons. The van der Waals surface area contributed by atoms with E-state index in [2.05, 4.69) is 15.1 Å². The first kappa shape index (κ1) is 14.7. The Morgan fingerprint density at radius 2 is 2.23 bits per heavy atom. The Morgan fingerprint density at radius 1 is 1.45 bits per heavy atom. The molecule has 0 unspecified atom stereocenters. The van der Waals surface area contributed by atoms with Gasteiger partial charge in [-0.2, -0.15) is 5.10 Å². The monoisotopic (exact) mass is 319 g/mol. The van der Waals surface area contributed by atoms with E-state index in [1.807, 2.05) is 0 Å². The molecule has 0 amide bonds. The van der Waals surface area contributed by atoms with Gasteiger partial charge in [0.05, 0.1) is 30.6 Å². The van der Waals surface area contributed by atoms with Crippen LogP contribution < -0.4 is 5.56 Å². The minimum atomic E-state index is -0.363. The van der Waals surface area contributed by atoms with Gasteiger partial charge in [0.2, 0.25) is 0 Å². The molecule has 3 aromatic rings. The van der Waals surface area contributed by atoms with Gasteiger partial charge >= 0.3 is 0 Å². The van der Waals surface area contributed by atoms with E-state index in [1.165, 1.54) is 17.0 Å². The van der Waals surface area contributed by atoms with Gasteiger partial charge in [0.1, 0.15) is 16.4 Å². The van der Waals surface area contributed by atoms with Crippen molar-refractivity contribution in [1.29, 1.82) is 0 Å². The molecule has 0 aromatic carbocycles. The van der Waals surface area contributed by atoms with Gasteiger partial charge in [0.15, 0.2) is 0 Å². The van der Waals surface area contributed by atoms with Gasteiger partial charge in [-0.3, -0.25) is 14.0 Å². The lowest BCUT2D eigenvalue weighted by Gasteiger charge is -2.13. The van der Waals surface area contributed by atoms with Crippen LogP contribution in [0.15, 0.2) is 29.6 Å². The molecule has 1 atom stereocenters. The second-order valence-electron chi connectivity index (χ2n) is 5.08. The van der Waals surface area contributed by atoms with E-state index in [9.17, 15) is 9.90 Å². The highest BCUT2D eigenvalue weighted by Gasteiger charge is 2.16. The molecule has 8 heteroatoms. The summed E-state index contributed by atoms with van der Waals surface area (Å²) in [6, 6.07) is 1.13. The fraction of sp³-hybridized carbons (Fsp3) is 0.286. The summed E-state index contributed by atoms with van der Waals surface area (Å²) in [6.07, 6.45) is 4.84. The van der Waals surface area contributed by atoms with E-state index in [0.29, 0.717) is 16.6 Å². The van der Waals surface area contributed by atoms with Crippen LogP contribution in [0.1, 0.15) is 13.0 Å². The van der Waals surface area contributed by atoms with Gasteiger partial charge in [0.25, 0.3) is 5.56 Å². The highest BCUT2D eigenvalue weighted by atomic mass is 35.5. The van der Waals surface area contributed by atoms with Gasteiger partial charge in [-0.05, 0) is 13.0 Å². The number of aryl methyl sites for hydroxylation is 1. The molecule has 3 aromatic heterocycles. The van der Waals surface area contributed by atoms with Crippen LogP contribution in [0.3, 0.4) is 0 Å². The van der Waals surface area contributed by atoms with E-state index >= 15 is 0 Å². The summed E-state index contributed by atoms with van der Waals surface area (Å²) >= 11 is 6.05. The van der Waals surface area contributed by atoms with Crippen LogP contribution in [0.4, 0.5) is 0 Å². The third-order valence-corrected chi connectivity index (χ3v) is 3.65. The zero-order chi connectivity index (χ0) is 15.9. The van der Waals surface area contributed by atoms with Crippen LogP contribution in [0.2, 0.25) is 5.15 Å². The van der Waals surface area contributed by atoms with Gasteiger partial charge in [-0.15, -0.1) is 0 Å². The molecule has 0 aliphatic heterocycles. The van der Waals surface area contributed by atoms with Crippen molar-refractivity contribution in [3.63, 3.8) is 0 Å². The quantitative estimate of drug-likeness (QED) is 0.737. The Kier molecular flexibility index (Phi) is 3.67. The average molecular weight is 320 g/mol. The van der Waals surface area contributed by atoms with Crippen LogP contribution in [0.25, 0.3) is 22.2 Å². The Morgan fingerprint density at radius 3 is 2.86 bits per heavy atom. The molecule has 3 heterocycles. The number of halogens is 1. The fourth-order valence-corrected chi connectivity index (χ4v) is 2.45. The molecular formula is C14H14ClN5O2. The first-order chi connectivity index (χ1) is 10.5. The predicted molar refractivity (Wildman–Crippen MR) is 82.8 cm³/mol. The summed E-state index contributed by atoms with van der Waals surface area (Å²) in [4.78, 5) is 21.2. The van der Waals surface area contributed by atoms with Crippen LogP contribution in [0.5, 0.6) is 0 Å². The molecule has 22 heavy (non-hydrogen) atoms. The minimum Gasteiger partial charge on any atom is -0.394 e. The number of pyridine rings is 1. The smallest absolute Gasteiger partial charge is 0.261 e. The van der Waals surface area contributed by atoms with Crippen molar-refractivity contribution in [3.05, 3.63) is 40.3 Å². The number of aliphatic hydroxyl groups excluding tert-OH is 1. The Balaban J connectivity index is 2.32. The number of hydrogen-bond acceptors (Lipinski definition) is 5. The second-order valence-corrected chi connectivity index (χ2v) is 5.47. The summed E-state index contributed by atoms with van der Waals surface area (Å²) in [6.45, 7) is 1.58. The number of aliphatic hydroxyl groups is 1. The molecule has 0 aliphatic rings. The maximum absolute atomic E-state index is 12.6. The molecular weight excluding hydrogens is 306 g/mol. The maximum Gasteiger partial charge on any atom is 0.261 e. The zero-order valence-electron chi connectivity index (χ0n) is 12.1. The standard InChI is InChI=1S/C14H14ClN5O2/c1-8(6-21)20-7-16-13-10(14(20)22)3-11(15)18-12(13)9-4-17-19(2)5-9/h3-5,7-8,21H,6H2,1-2H3/t8-/m0/s1. The largest absolute Gasteiger partial charge is 0.394 e. The average Bonchev–Trinajstić information content (AvgIpc) is 2.93. The van der Waals surface area contributed by atoms with Gasteiger partial charge in [0, 0.05) is 18.8 Å². The zero-order valence-corrected chi connectivity index (χ0v) is 12.8. The Hall–Kier alpha value is -2.25. The lowest BCUT2D eigenvalue weighted by atomic mass is 10.1. The predicted octanol–water partition coefficient (Wildman–Crippen LogP) is 1.40. The van der Waals surface area contributed by atoms with E-state index < -0.39 is 0 Å². The summed E-state index contributed by atoms with van der Waals surface area (Å²) < 4.78 is 3.02. The second kappa shape index (κ2) is 5.51. The molecule has 0 radical (unpaired) electrons. The number of aromatic nitrogens is 5. The van der Waals surface area contributed by atoms with E-state index in [1.54, 1.807) is 31.0 Å². The van der Waals surface area contributed by atoms with Crippen molar-refractivity contribution in [1.82, 2.24) is 24.3 Å². The normalized spacial score (nSPS) is 12.7. The SMILES string of the molecule is C[C@@H](CO)n1cnc2c(-c3cnn(C)c3)nc(Cl)cc2c1=O. The molecule has 0 fully saturated rings. The lowest BCUT2D eigenvalue weighted by molar-refractivity contribution is 0.236. The van der Waals surface area contributed by atoms with E-state index in [4.69, 9.17) is 11.6 Å². The topological polar surface area (TPSA) is 85.8 Å². The summed E-state index contributed by atoms with van der Waals surface area (Å²) in [5.41, 5.74) is 1.44. The maximum atomic E-state index is 12.6. The summed E-state index contributed by atoms with van der Waals surface area (Å²) in [5.74, 6) is 0. The Bertz CT molecular complexity index is 902.